The fourth-order valence-corrected chi connectivity index (χ4v) is 7.60. The van der Waals surface area contributed by atoms with Crippen LogP contribution >= 0.6 is 0 Å². The van der Waals surface area contributed by atoms with Crippen LogP contribution in [0.25, 0.3) is 0 Å². The summed E-state index contributed by atoms with van der Waals surface area (Å²) < 4.78 is 0. The summed E-state index contributed by atoms with van der Waals surface area (Å²) in [7, 11) is 0. The van der Waals surface area contributed by atoms with E-state index in [9.17, 15) is 15.3 Å². The van der Waals surface area contributed by atoms with Crippen molar-refractivity contribution in [2.24, 2.45) is 34.5 Å². The van der Waals surface area contributed by atoms with E-state index in [1.807, 2.05) is 6.92 Å². The van der Waals surface area contributed by atoms with Crippen LogP contribution in [-0.2, 0) is 0 Å². The second-order valence-electron chi connectivity index (χ2n) is 9.78. The van der Waals surface area contributed by atoms with Gasteiger partial charge in [-0.3, -0.25) is 0 Å². The third-order valence-corrected chi connectivity index (χ3v) is 8.66. The van der Waals surface area contributed by atoms with Crippen molar-refractivity contribution >= 4 is 0 Å². The molecular formula is C21H34O3. The molecule has 4 unspecified atom stereocenters. The van der Waals surface area contributed by atoms with E-state index in [0.29, 0.717) is 23.7 Å². The van der Waals surface area contributed by atoms with Gasteiger partial charge in [-0.2, -0.15) is 0 Å². The van der Waals surface area contributed by atoms with Crippen LogP contribution in [-0.4, -0.2) is 33.6 Å². The van der Waals surface area contributed by atoms with Gasteiger partial charge in [0.2, 0.25) is 0 Å². The quantitative estimate of drug-likeness (QED) is 0.645. The van der Waals surface area contributed by atoms with Crippen molar-refractivity contribution in [3.8, 4) is 0 Å². The molecule has 4 aliphatic carbocycles. The van der Waals surface area contributed by atoms with E-state index < -0.39 is 0 Å². The Morgan fingerprint density at radius 2 is 1.92 bits per heavy atom. The lowest BCUT2D eigenvalue weighted by atomic mass is 9.46. The molecule has 0 aliphatic heterocycles. The molecule has 3 saturated carbocycles. The molecule has 24 heavy (non-hydrogen) atoms. The maximum atomic E-state index is 11.2. The van der Waals surface area contributed by atoms with Gasteiger partial charge in [-0.15, -0.1) is 0 Å². The lowest BCUT2D eigenvalue weighted by Gasteiger charge is -2.59. The number of allylic oxidation sites excluding steroid dienone is 1. The zero-order valence-electron chi connectivity index (χ0n) is 15.4. The second-order valence-corrected chi connectivity index (χ2v) is 9.78. The predicted octanol–water partition coefficient (Wildman–Crippen LogP) is 3.28. The number of aliphatic hydroxyl groups excluding tert-OH is 3. The highest BCUT2D eigenvalue weighted by Crippen LogP contribution is 2.66. The third kappa shape index (κ3) is 2.20. The fraction of sp³-hybridized carbons (Fsp3) is 0.905. The molecular weight excluding hydrogens is 300 g/mol. The SMILES string of the molecule is CC(O)[C@H]1CCC2C3CC=C4C[C@@H](O)CC[C@]4(C)C3[C@@H](O)C[C@@]21C. The van der Waals surface area contributed by atoms with Gasteiger partial charge in [-0.25, -0.2) is 0 Å². The van der Waals surface area contributed by atoms with E-state index in [-0.39, 0.29) is 29.1 Å². The molecule has 0 spiro atoms. The highest BCUT2D eigenvalue weighted by molar-refractivity contribution is 5.26. The molecule has 3 heteroatoms. The standard InChI is InChI=1S/C21H34O3/c1-12(22)16-6-7-17-15-5-4-13-10-14(23)8-9-20(13,2)19(15)18(24)11-21(16,17)3/h4,12,14-19,22-24H,5-11H2,1-3H3/t12?,14-,15?,16+,17?,18-,19?,20-,21+/m0/s1. The highest BCUT2D eigenvalue weighted by Gasteiger charge is 2.62. The van der Waals surface area contributed by atoms with Crippen molar-refractivity contribution in [2.45, 2.75) is 84.0 Å². The fourth-order valence-electron chi connectivity index (χ4n) is 7.60. The first kappa shape index (κ1) is 17.1. The van der Waals surface area contributed by atoms with Gasteiger partial charge >= 0.3 is 0 Å². The van der Waals surface area contributed by atoms with Crippen LogP contribution in [0.4, 0.5) is 0 Å². The number of aliphatic hydroxyl groups is 3. The molecule has 0 heterocycles. The van der Waals surface area contributed by atoms with Crippen molar-refractivity contribution < 1.29 is 15.3 Å². The van der Waals surface area contributed by atoms with Gasteiger partial charge in [-0.1, -0.05) is 25.5 Å². The first-order valence-corrected chi connectivity index (χ1v) is 10.0. The first-order valence-electron chi connectivity index (χ1n) is 10.0. The van der Waals surface area contributed by atoms with Gasteiger partial charge in [0.15, 0.2) is 0 Å². The minimum absolute atomic E-state index is 0.0613. The summed E-state index contributed by atoms with van der Waals surface area (Å²) in [6, 6.07) is 0. The number of hydrogen-bond donors (Lipinski definition) is 3. The molecule has 3 N–H and O–H groups in total. The Morgan fingerprint density at radius 3 is 2.62 bits per heavy atom. The summed E-state index contributed by atoms with van der Waals surface area (Å²) in [4.78, 5) is 0. The Kier molecular flexibility index (Phi) is 3.95. The first-order chi connectivity index (χ1) is 11.3. The maximum absolute atomic E-state index is 11.2. The summed E-state index contributed by atoms with van der Waals surface area (Å²) in [5.74, 6) is 1.80. The van der Waals surface area contributed by atoms with E-state index >= 15 is 0 Å². The second kappa shape index (κ2) is 5.56. The van der Waals surface area contributed by atoms with Crippen LogP contribution in [0.1, 0.15) is 65.7 Å². The lowest BCUT2D eigenvalue weighted by Crippen LogP contribution is -2.57. The van der Waals surface area contributed by atoms with E-state index in [2.05, 4.69) is 19.9 Å². The van der Waals surface area contributed by atoms with Crippen molar-refractivity contribution in [2.75, 3.05) is 0 Å². The summed E-state index contributed by atoms with van der Waals surface area (Å²) in [6.07, 6.45) is 8.48. The zero-order chi connectivity index (χ0) is 17.3. The van der Waals surface area contributed by atoms with Crippen LogP contribution in [0.2, 0.25) is 0 Å². The van der Waals surface area contributed by atoms with Gasteiger partial charge in [0.05, 0.1) is 18.3 Å². The zero-order valence-corrected chi connectivity index (χ0v) is 15.4. The molecule has 0 saturated heterocycles. The number of hydrogen-bond acceptors (Lipinski definition) is 3. The predicted molar refractivity (Wildman–Crippen MR) is 94.3 cm³/mol. The van der Waals surface area contributed by atoms with E-state index in [1.54, 1.807) is 0 Å². The van der Waals surface area contributed by atoms with Gasteiger partial charge < -0.3 is 15.3 Å². The topological polar surface area (TPSA) is 60.7 Å². The van der Waals surface area contributed by atoms with Gasteiger partial charge in [0, 0.05) is 0 Å². The molecule has 0 aromatic carbocycles. The molecule has 136 valence electrons. The summed E-state index contributed by atoms with van der Waals surface area (Å²) in [6.45, 7) is 6.60. The summed E-state index contributed by atoms with van der Waals surface area (Å²) in [5, 5.41) is 31.6. The highest BCUT2D eigenvalue weighted by atomic mass is 16.3. The monoisotopic (exact) mass is 334 g/mol. The van der Waals surface area contributed by atoms with Crippen LogP contribution in [0.5, 0.6) is 0 Å². The normalized spacial score (nSPS) is 55.2. The molecule has 9 atom stereocenters. The molecule has 0 aromatic rings. The van der Waals surface area contributed by atoms with Crippen LogP contribution < -0.4 is 0 Å². The molecule has 4 rings (SSSR count). The Balaban J connectivity index is 1.70. The molecule has 0 radical (unpaired) electrons. The molecule has 3 nitrogen and oxygen atoms in total. The molecule has 0 aromatic heterocycles. The van der Waals surface area contributed by atoms with Crippen molar-refractivity contribution in [3.63, 3.8) is 0 Å². The average molecular weight is 335 g/mol. The Bertz CT molecular complexity index is 541. The van der Waals surface area contributed by atoms with Gasteiger partial charge in [-0.05, 0) is 86.4 Å². The summed E-state index contributed by atoms with van der Waals surface area (Å²) >= 11 is 0. The average Bonchev–Trinajstić information content (AvgIpc) is 2.84. The Morgan fingerprint density at radius 1 is 1.17 bits per heavy atom. The number of fused-ring (bicyclic) bond motifs is 5. The van der Waals surface area contributed by atoms with Crippen LogP contribution in [0.15, 0.2) is 11.6 Å². The minimum atomic E-state index is -0.279. The van der Waals surface area contributed by atoms with E-state index in [1.165, 1.54) is 12.0 Å². The van der Waals surface area contributed by atoms with Crippen molar-refractivity contribution in [1.82, 2.24) is 0 Å². The Labute approximate surface area is 146 Å². The lowest BCUT2D eigenvalue weighted by molar-refractivity contribution is -0.134. The van der Waals surface area contributed by atoms with Gasteiger partial charge in [0.1, 0.15) is 0 Å². The summed E-state index contributed by atoms with van der Waals surface area (Å²) in [5.41, 5.74) is 1.53. The van der Waals surface area contributed by atoms with E-state index in [4.69, 9.17) is 0 Å². The minimum Gasteiger partial charge on any atom is -0.393 e. The molecule has 4 aliphatic rings. The smallest absolute Gasteiger partial charge is 0.0585 e. The molecule has 0 bridgehead atoms. The Hall–Kier alpha value is -0.380. The van der Waals surface area contributed by atoms with Crippen LogP contribution in [0, 0.1) is 34.5 Å². The number of rotatable bonds is 1. The van der Waals surface area contributed by atoms with Gasteiger partial charge in [0.25, 0.3) is 0 Å². The maximum Gasteiger partial charge on any atom is 0.0585 e. The molecule has 0 amide bonds. The van der Waals surface area contributed by atoms with Crippen LogP contribution in [0.3, 0.4) is 0 Å². The van der Waals surface area contributed by atoms with Crippen molar-refractivity contribution in [3.05, 3.63) is 11.6 Å². The third-order valence-electron chi connectivity index (χ3n) is 8.66. The van der Waals surface area contributed by atoms with Crippen molar-refractivity contribution in [1.29, 1.82) is 0 Å². The molecule has 3 fully saturated rings. The largest absolute Gasteiger partial charge is 0.393 e. The van der Waals surface area contributed by atoms with E-state index in [0.717, 1.165) is 38.5 Å².